The van der Waals surface area contributed by atoms with E-state index in [1.54, 1.807) is 0 Å². The molecule has 0 fully saturated rings. The maximum atomic E-state index is 6.95. The van der Waals surface area contributed by atoms with Crippen LogP contribution in [-0.4, -0.2) is 0 Å². The summed E-state index contributed by atoms with van der Waals surface area (Å²) in [5, 5.41) is 11.9. The number of hydrogen-bond donors (Lipinski definition) is 0. The second kappa shape index (κ2) is 12.6. The van der Waals surface area contributed by atoms with Gasteiger partial charge < -0.3 is 14.2 Å². The second-order valence-corrected chi connectivity index (χ2v) is 14.1. The second-order valence-electron chi connectivity index (χ2n) is 14.1. The standard InChI is InChI=1S/C52H34N2O/c1-4-15-37(16-5-1)53(38-17-6-2-7-18-38)42-28-31-48-50(34-42)55-52-47-30-27-41(33-49(47)45-22-12-13-23-46(45)51(48)52)54(39-19-8-3-9-20-39)40-26-29-44-36(32-40)25-24-35-14-10-11-21-43(35)44/h1-34H. The fourth-order valence-corrected chi connectivity index (χ4v) is 8.47. The maximum Gasteiger partial charge on any atom is 0.143 e. The molecule has 0 atom stereocenters. The average molecular weight is 703 g/mol. The van der Waals surface area contributed by atoms with E-state index in [0.717, 1.165) is 66.8 Å². The molecule has 0 saturated carbocycles. The summed E-state index contributed by atoms with van der Waals surface area (Å²) in [5.74, 6) is 0. The van der Waals surface area contributed by atoms with Gasteiger partial charge >= 0.3 is 0 Å². The van der Waals surface area contributed by atoms with Gasteiger partial charge in [0.1, 0.15) is 11.2 Å². The first-order valence-corrected chi connectivity index (χ1v) is 18.8. The summed E-state index contributed by atoms with van der Waals surface area (Å²) in [7, 11) is 0. The Morgan fingerprint density at radius 2 is 0.745 bits per heavy atom. The molecule has 11 rings (SSSR count). The van der Waals surface area contributed by atoms with E-state index in [2.05, 4.69) is 216 Å². The van der Waals surface area contributed by atoms with Gasteiger partial charge in [0.25, 0.3) is 0 Å². The monoisotopic (exact) mass is 702 g/mol. The summed E-state index contributed by atoms with van der Waals surface area (Å²) in [6.45, 7) is 0. The zero-order chi connectivity index (χ0) is 36.3. The van der Waals surface area contributed by atoms with Crippen molar-refractivity contribution in [2.75, 3.05) is 9.80 Å². The van der Waals surface area contributed by atoms with Crippen LogP contribution in [0.2, 0.25) is 0 Å². The smallest absolute Gasteiger partial charge is 0.143 e. The Labute approximate surface area is 318 Å². The number of nitrogens with zero attached hydrogens (tertiary/aromatic N) is 2. The molecule has 3 nitrogen and oxygen atoms in total. The topological polar surface area (TPSA) is 19.6 Å². The van der Waals surface area contributed by atoms with Crippen LogP contribution in [0.1, 0.15) is 0 Å². The van der Waals surface area contributed by atoms with Gasteiger partial charge in [-0.15, -0.1) is 0 Å². The maximum absolute atomic E-state index is 6.95. The van der Waals surface area contributed by atoms with Crippen molar-refractivity contribution in [1.29, 1.82) is 0 Å². The predicted octanol–water partition coefficient (Wildman–Crippen LogP) is 15.1. The van der Waals surface area contributed by atoms with Crippen molar-refractivity contribution in [2.24, 2.45) is 0 Å². The van der Waals surface area contributed by atoms with Crippen LogP contribution in [0.15, 0.2) is 211 Å². The molecule has 0 N–H and O–H groups in total. The van der Waals surface area contributed by atoms with Crippen molar-refractivity contribution in [3.63, 3.8) is 0 Å². The molecule has 1 heterocycles. The van der Waals surface area contributed by atoms with Crippen molar-refractivity contribution >= 4 is 99.2 Å². The fourth-order valence-electron chi connectivity index (χ4n) is 8.47. The van der Waals surface area contributed by atoms with Crippen LogP contribution >= 0.6 is 0 Å². The van der Waals surface area contributed by atoms with E-state index >= 15 is 0 Å². The third-order valence-electron chi connectivity index (χ3n) is 11.0. The quantitative estimate of drug-likeness (QED) is 0.161. The SMILES string of the molecule is c1ccc(N(c2ccccc2)c2ccc3c(c2)oc2c4ccc(N(c5ccccc5)c5ccc6c(ccc7ccccc76)c5)cc4c4ccccc4c32)cc1. The highest BCUT2D eigenvalue weighted by molar-refractivity contribution is 6.30. The normalized spacial score (nSPS) is 11.6. The van der Waals surface area contributed by atoms with Gasteiger partial charge in [0.2, 0.25) is 0 Å². The lowest BCUT2D eigenvalue weighted by Gasteiger charge is -2.26. The Morgan fingerprint density at radius 3 is 1.42 bits per heavy atom. The van der Waals surface area contributed by atoms with Crippen molar-refractivity contribution < 1.29 is 4.42 Å². The minimum atomic E-state index is 0.862. The zero-order valence-corrected chi connectivity index (χ0v) is 29.9. The fraction of sp³-hybridized carbons (Fsp3) is 0. The molecule has 0 bridgehead atoms. The Hall–Kier alpha value is -7.36. The van der Waals surface area contributed by atoms with Gasteiger partial charge in [-0.1, -0.05) is 121 Å². The van der Waals surface area contributed by atoms with Gasteiger partial charge in [0, 0.05) is 56.3 Å². The van der Waals surface area contributed by atoms with E-state index in [1.165, 1.54) is 32.3 Å². The summed E-state index contributed by atoms with van der Waals surface area (Å²) >= 11 is 0. The highest BCUT2D eigenvalue weighted by atomic mass is 16.3. The highest BCUT2D eigenvalue weighted by Crippen LogP contribution is 2.46. The molecule has 0 aliphatic carbocycles. The van der Waals surface area contributed by atoms with Crippen LogP contribution in [-0.2, 0) is 0 Å². The zero-order valence-electron chi connectivity index (χ0n) is 29.9. The Kier molecular flexibility index (Phi) is 7.17. The Balaban J connectivity index is 1.11. The number of hydrogen-bond acceptors (Lipinski definition) is 3. The number of fused-ring (bicyclic) bond motifs is 11. The van der Waals surface area contributed by atoms with Gasteiger partial charge in [-0.2, -0.15) is 0 Å². The van der Waals surface area contributed by atoms with E-state index in [4.69, 9.17) is 4.42 Å². The highest BCUT2D eigenvalue weighted by Gasteiger charge is 2.21. The van der Waals surface area contributed by atoms with E-state index in [-0.39, 0.29) is 0 Å². The predicted molar refractivity (Wildman–Crippen MR) is 233 cm³/mol. The molecule has 0 unspecified atom stereocenters. The molecule has 55 heavy (non-hydrogen) atoms. The van der Waals surface area contributed by atoms with Gasteiger partial charge in [-0.05, 0) is 117 Å². The van der Waals surface area contributed by atoms with Crippen molar-refractivity contribution in [2.45, 2.75) is 0 Å². The largest absolute Gasteiger partial charge is 0.455 e. The molecule has 0 aliphatic heterocycles. The first-order chi connectivity index (χ1) is 27.3. The van der Waals surface area contributed by atoms with E-state index in [0.29, 0.717) is 0 Å². The average Bonchev–Trinajstić information content (AvgIpc) is 3.64. The van der Waals surface area contributed by atoms with E-state index in [1.807, 2.05) is 0 Å². The third-order valence-corrected chi connectivity index (χ3v) is 11.0. The lowest BCUT2D eigenvalue weighted by molar-refractivity contribution is 0.673. The summed E-state index contributed by atoms with van der Waals surface area (Å²) in [4.78, 5) is 4.64. The van der Waals surface area contributed by atoms with Crippen LogP contribution in [0.5, 0.6) is 0 Å². The first kappa shape index (κ1) is 31.2. The summed E-state index contributed by atoms with van der Waals surface area (Å²) in [6.07, 6.45) is 0. The molecular weight excluding hydrogens is 669 g/mol. The minimum absolute atomic E-state index is 0.862. The number of furan rings is 1. The van der Waals surface area contributed by atoms with Crippen LogP contribution in [0, 0.1) is 0 Å². The van der Waals surface area contributed by atoms with Crippen molar-refractivity contribution in [3.05, 3.63) is 206 Å². The van der Waals surface area contributed by atoms with Crippen LogP contribution in [0.3, 0.4) is 0 Å². The molecule has 0 radical (unpaired) electrons. The molecule has 258 valence electrons. The first-order valence-electron chi connectivity index (χ1n) is 18.8. The van der Waals surface area contributed by atoms with Gasteiger partial charge in [-0.3, -0.25) is 0 Å². The molecule has 11 aromatic rings. The number of benzene rings is 10. The van der Waals surface area contributed by atoms with E-state index in [9.17, 15) is 0 Å². The van der Waals surface area contributed by atoms with Gasteiger partial charge in [0.05, 0.1) is 0 Å². The lowest BCUT2D eigenvalue weighted by Crippen LogP contribution is -2.09. The van der Waals surface area contributed by atoms with Crippen molar-refractivity contribution in [1.82, 2.24) is 0 Å². The number of anilines is 6. The molecule has 0 saturated heterocycles. The summed E-state index contributed by atoms with van der Waals surface area (Å²) in [6, 6.07) is 73.7. The molecule has 3 heteroatoms. The van der Waals surface area contributed by atoms with Crippen molar-refractivity contribution in [3.8, 4) is 0 Å². The Morgan fingerprint density at radius 1 is 0.273 bits per heavy atom. The molecule has 0 amide bonds. The summed E-state index contributed by atoms with van der Waals surface area (Å²) in [5.41, 5.74) is 8.29. The van der Waals surface area contributed by atoms with E-state index < -0.39 is 0 Å². The summed E-state index contributed by atoms with van der Waals surface area (Å²) < 4.78 is 6.95. The molecular formula is C52H34N2O. The van der Waals surface area contributed by atoms with Crippen LogP contribution in [0.25, 0.3) is 65.0 Å². The molecule has 1 aromatic heterocycles. The molecule has 0 aliphatic rings. The number of para-hydroxylation sites is 3. The van der Waals surface area contributed by atoms with Gasteiger partial charge in [0.15, 0.2) is 0 Å². The molecule has 10 aromatic carbocycles. The minimum Gasteiger partial charge on any atom is -0.455 e. The third kappa shape index (κ3) is 5.13. The molecule has 0 spiro atoms. The lowest BCUT2D eigenvalue weighted by atomic mass is 9.96. The van der Waals surface area contributed by atoms with Crippen LogP contribution in [0.4, 0.5) is 34.1 Å². The number of rotatable bonds is 6. The Bertz CT molecular complexity index is 3170. The van der Waals surface area contributed by atoms with Gasteiger partial charge in [-0.25, -0.2) is 0 Å². The van der Waals surface area contributed by atoms with Crippen LogP contribution < -0.4 is 9.80 Å².